The number of benzene rings is 2. The number of halogens is 1. The Morgan fingerprint density at radius 2 is 1.83 bits per heavy atom. The van der Waals surface area contributed by atoms with Crippen LogP contribution in [0, 0.1) is 5.92 Å². The molecule has 0 N–H and O–H groups in total. The topological polar surface area (TPSA) is 83.7 Å². The van der Waals surface area contributed by atoms with Crippen LogP contribution in [0.1, 0.15) is 37.0 Å². The minimum absolute atomic E-state index is 0.127. The van der Waals surface area contributed by atoms with Crippen LogP contribution >= 0.6 is 15.9 Å². The van der Waals surface area contributed by atoms with E-state index in [2.05, 4.69) is 40.0 Å². The third-order valence-electron chi connectivity index (χ3n) is 3.94. The lowest BCUT2D eigenvalue weighted by atomic mass is 10.2. The molecule has 0 fully saturated rings. The van der Waals surface area contributed by atoms with Gasteiger partial charge < -0.3 is 18.6 Å². The van der Waals surface area contributed by atoms with Gasteiger partial charge in [0, 0.05) is 10.0 Å². The predicted molar refractivity (Wildman–Crippen MR) is 114 cm³/mol. The average Bonchev–Trinajstić information content (AvgIpc) is 3.20. The van der Waals surface area contributed by atoms with Gasteiger partial charge in [0.15, 0.2) is 18.1 Å². The normalized spacial score (nSPS) is 10.8. The largest absolute Gasteiger partial charge is 0.490 e. The van der Waals surface area contributed by atoms with Gasteiger partial charge in [0.1, 0.15) is 0 Å². The second-order valence-corrected chi connectivity index (χ2v) is 7.80. The van der Waals surface area contributed by atoms with Crippen molar-refractivity contribution in [3.05, 3.63) is 58.4 Å². The Bertz CT molecular complexity index is 985. The molecule has 2 aromatic carbocycles. The Hall–Kier alpha value is -2.87. The Morgan fingerprint density at radius 3 is 2.53 bits per heavy atom. The Morgan fingerprint density at radius 1 is 1.07 bits per heavy atom. The molecule has 0 saturated heterocycles. The maximum absolute atomic E-state index is 12.5. The van der Waals surface area contributed by atoms with E-state index in [9.17, 15) is 4.79 Å². The molecule has 3 aromatic rings. The van der Waals surface area contributed by atoms with Crippen LogP contribution in [0.3, 0.4) is 0 Å². The summed E-state index contributed by atoms with van der Waals surface area (Å²) < 4.78 is 23.2. The molecular formula is C22H23BrN2O5. The summed E-state index contributed by atoms with van der Waals surface area (Å²) in [4.78, 5) is 12.5. The van der Waals surface area contributed by atoms with Crippen LogP contribution in [0.4, 0.5) is 0 Å². The minimum atomic E-state index is -0.519. The summed E-state index contributed by atoms with van der Waals surface area (Å²) in [5.41, 5.74) is 1.13. The maximum atomic E-state index is 12.5. The fourth-order valence-electron chi connectivity index (χ4n) is 2.51. The van der Waals surface area contributed by atoms with Crippen LogP contribution in [0.25, 0.3) is 11.5 Å². The molecule has 0 radical (unpaired) electrons. The molecule has 0 spiro atoms. The lowest BCUT2D eigenvalue weighted by Crippen LogP contribution is -2.09. The predicted octanol–water partition coefficient (Wildman–Crippen LogP) is 5.29. The second kappa shape index (κ2) is 10.2. The van der Waals surface area contributed by atoms with Crippen molar-refractivity contribution in [3.63, 3.8) is 0 Å². The Kier molecular flexibility index (Phi) is 7.46. The van der Waals surface area contributed by atoms with Crippen molar-refractivity contribution in [2.75, 3.05) is 13.2 Å². The van der Waals surface area contributed by atoms with Crippen molar-refractivity contribution in [1.82, 2.24) is 10.2 Å². The zero-order chi connectivity index (χ0) is 21.5. The number of ether oxygens (including phenoxy) is 3. The fraction of sp³-hybridized carbons (Fsp3) is 0.318. The van der Waals surface area contributed by atoms with E-state index in [1.807, 2.05) is 31.2 Å². The third-order valence-corrected chi connectivity index (χ3v) is 4.46. The first-order valence-electron chi connectivity index (χ1n) is 9.61. The molecule has 0 atom stereocenters. The molecule has 0 amide bonds. The van der Waals surface area contributed by atoms with Gasteiger partial charge in [0.2, 0.25) is 5.89 Å². The summed E-state index contributed by atoms with van der Waals surface area (Å²) in [6.45, 7) is 6.88. The van der Waals surface area contributed by atoms with Crippen LogP contribution in [0.15, 0.2) is 51.4 Å². The fourth-order valence-corrected chi connectivity index (χ4v) is 2.78. The van der Waals surface area contributed by atoms with Crippen molar-refractivity contribution < 1.29 is 23.4 Å². The first kappa shape index (κ1) is 21.8. The van der Waals surface area contributed by atoms with E-state index in [0.29, 0.717) is 42.1 Å². The maximum Gasteiger partial charge on any atom is 0.338 e. The molecule has 1 heterocycles. The van der Waals surface area contributed by atoms with Gasteiger partial charge in [-0.15, -0.1) is 10.2 Å². The summed E-state index contributed by atoms with van der Waals surface area (Å²) in [6.07, 6.45) is 0. The van der Waals surface area contributed by atoms with Gasteiger partial charge >= 0.3 is 5.97 Å². The van der Waals surface area contributed by atoms with Crippen LogP contribution in [0.2, 0.25) is 0 Å². The molecule has 158 valence electrons. The van der Waals surface area contributed by atoms with Crippen LogP contribution in [0.5, 0.6) is 11.5 Å². The molecular weight excluding hydrogens is 452 g/mol. The van der Waals surface area contributed by atoms with Gasteiger partial charge in [-0.05, 0) is 55.3 Å². The van der Waals surface area contributed by atoms with Crippen molar-refractivity contribution in [3.8, 4) is 23.0 Å². The van der Waals surface area contributed by atoms with Gasteiger partial charge in [-0.25, -0.2) is 4.79 Å². The summed E-state index contributed by atoms with van der Waals surface area (Å²) in [5, 5.41) is 7.92. The van der Waals surface area contributed by atoms with Gasteiger partial charge in [0.05, 0.1) is 18.8 Å². The van der Waals surface area contributed by atoms with Gasteiger partial charge in [0.25, 0.3) is 5.89 Å². The van der Waals surface area contributed by atoms with Crippen molar-refractivity contribution >= 4 is 21.9 Å². The van der Waals surface area contributed by atoms with E-state index in [4.69, 9.17) is 18.6 Å². The number of hydrogen-bond donors (Lipinski definition) is 0. The molecule has 7 nitrogen and oxygen atoms in total. The Balaban J connectivity index is 1.64. The highest BCUT2D eigenvalue weighted by Gasteiger charge is 2.15. The van der Waals surface area contributed by atoms with E-state index >= 15 is 0 Å². The molecule has 8 heteroatoms. The minimum Gasteiger partial charge on any atom is -0.490 e. The first-order chi connectivity index (χ1) is 14.5. The highest BCUT2D eigenvalue weighted by atomic mass is 79.9. The molecule has 30 heavy (non-hydrogen) atoms. The van der Waals surface area contributed by atoms with Crippen molar-refractivity contribution in [2.45, 2.75) is 27.4 Å². The monoisotopic (exact) mass is 474 g/mol. The summed E-state index contributed by atoms with van der Waals surface area (Å²) in [7, 11) is 0. The van der Waals surface area contributed by atoms with Crippen LogP contribution < -0.4 is 9.47 Å². The van der Waals surface area contributed by atoms with Crippen molar-refractivity contribution in [2.24, 2.45) is 5.92 Å². The van der Waals surface area contributed by atoms with Crippen LogP contribution in [-0.4, -0.2) is 29.4 Å². The molecule has 0 aliphatic carbocycles. The number of rotatable bonds is 9. The number of nitrogens with zero attached hydrogens (tertiary/aromatic N) is 2. The zero-order valence-electron chi connectivity index (χ0n) is 17.1. The van der Waals surface area contributed by atoms with E-state index < -0.39 is 5.97 Å². The summed E-state index contributed by atoms with van der Waals surface area (Å²) in [6, 6.07) is 12.4. The van der Waals surface area contributed by atoms with E-state index in [-0.39, 0.29) is 12.5 Å². The molecule has 0 aliphatic heterocycles. The van der Waals surface area contributed by atoms with E-state index in [1.54, 1.807) is 18.2 Å². The number of aromatic nitrogens is 2. The van der Waals surface area contributed by atoms with Gasteiger partial charge in [-0.3, -0.25) is 0 Å². The van der Waals surface area contributed by atoms with Gasteiger partial charge in [-0.1, -0.05) is 29.8 Å². The number of esters is 1. The Labute approximate surface area is 183 Å². The standard InChI is InChI=1S/C22H23BrN2O5/c1-4-27-19-11-16(7-10-18(19)28-12-14(2)3)22(26)29-13-20-24-25-21(30-20)15-5-8-17(23)9-6-15/h5-11,14H,4,12-13H2,1-3H3. The lowest BCUT2D eigenvalue weighted by molar-refractivity contribution is 0.0438. The third kappa shape index (κ3) is 5.82. The second-order valence-electron chi connectivity index (χ2n) is 6.88. The first-order valence-corrected chi connectivity index (χ1v) is 10.4. The summed E-state index contributed by atoms with van der Waals surface area (Å²) >= 11 is 3.38. The summed E-state index contributed by atoms with van der Waals surface area (Å²) in [5.74, 6) is 1.53. The quantitative estimate of drug-likeness (QED) is 0.389. The van der Waals surface area contributed by atoms with E-state index in [0.717, 1.165) is 10.0 Å². The average molecular weight is 475 g/mol. The molecule has 1 aromatic heterocycles. The lowest BCUT2D eigenvalue weighted by Gasteiger charge is -2.14. The van der Waals surface area contributed by atoms with E-state index in [1.165, 1.54) is 0 Å². The number of carbonyl (C=O) groups is 1. The number of hydrogen-bond acceptors (Lipinski definition) is 7. The number of carbonyl (C=O) groups excluding carboxylic acids is 1. The molecule has 0 unspecified atom stereocenters. The zero-order valence-corrected chi connectivity index (χ0v) is 18.6. The van der Waals surface area contributed by atoms with Crippen molar-refractivity contribution in [1.29, 1.82) is 0 Å². The highest BCUT2D eigenvalue weighted by molar-refractivity contribution is 9.10. The highest BCUT2D eigenvalue weighted by Crippen LogP contribution is 2.29. The smallest absolute Gasteiger partial charge is 0.338 e. The SMILES string of the molecule is CCOc1cc(C(=O)OCc2nnc(-c3ccc(Br)cc3)o2)ccc1OCC(C)C. The molecule has 0 aliphatic rings. The molecule has 0 bridgehead atoms. The van der Waals surface area contributed by atoms with Crippen LogP contribution in [-0.2, 0) is 11.3 Å². The molecule has 0 saturated carbocycles. The molecule has 3 rings (SSSR count). The van der Waals surface area contributed by atoms with Gasteiger partial charge in [-0.2, -0.15) is 0 Å².